The van der Waals surface area contributed by atoms with Gasteiger partial charge < -0.3 is 15.5 Å². The Morgan fingerprint density at radius 3 is 3.06 bits per heavy atom. The zero-order chi connectivity index (χ0) is 12.3. The third-order valence-electron chi connectivity index (χ3n) is 4.24. The van der Waals surface area contributed by atoms with Gasteiger partial charge in [0.05, 0.1) is 5.41 Å². The molecule has 2 heterocycles. The van der Waals surface area contributed by atoms with Gasteiger partial charge in [-0.05, 0) is 51.7 Å². The third kappa shape index (κ3) is 2.99. The average molecular weight is 239 g/mol. The van der Waals surface area contributed by atoms with Gasteiger partial charge in [-0.15, -0.1) is 0 Å². The zero-order valence-corrected chi connectivity index (χ0v) is 11.1. The Morgan fingerprint density at radius 2 is 2.41 bits per heavy atom. The van der Waals surface area contributed by atoms with Crippen molar-refractivity contribution in [2.75, 3.05) is 39.8 Å². The fraction of sp³-hybridized carbons (Fsp3) is 0.923. The van der Waals surface area contributed by atoms with Crippen LogP contribution in [0, 0.1) is 11.3 Å². The molecule has 4 nitrogen and oxygen atoms in total. The van der Waals surface area contributed by atoms with Gasteiger partial charge in [0.25, 0.3) is 0 Å². The van der Waals surface area contributed by atoms with Gasteiger partial charge in [-0.1, -0.05) is 0 Å². The SMILES string of the molecule is CNC(=O)C1(C)CCN(CC2CCCNC2)C1. The molecule has 0 aromatic rings. The maximum Gasteiger partial charge on any atom is 0.227 e. The average Bonchev–Trinajstić information content (AvgIpc) is 2.72. The summed E-state index contributed by atoms with van der Waals surface area (Å²) in [6.45, 7) is 7.55. The van der Waals surface area contributed by atoms with Crippen LogP contribution >= 0.6 is 0 Å². The molecule has 0 aliphatic carbocycles. The number of nitrogens with one attached hydrogen (secondary N) is 2. The van der Waals surface area contributed by atoms with E-state index < -0.39 is 0 Å². The van der Waals surface area contributed by atoms with Crippen molar-refractivity contribution in [3.05, 3.63) is 0 Å². The molecule has 17 heavy (non-hydrogen) atoms. The maximum absolute atomic E-state index is 11.8. The number of likely N-dealkylation sites (tertiary alicyclic amines) is 1. The Morgan fingerprint density at radius 1 is 1.59 bits per heavy atom. The Bertz CT molecular complexity index is 276. The van der Waals surface area contributed by atoms with Crippen molar-refractivity contribution < 1.29 is 4.79 Å². The van der Waals surface area contributed by atoms with E-state index >= 15 is 0 Å². The Labute approximate surface area is 104 Å². The smallest absolute Gasteiger partial charge is 0.227 e. The van der Waals surface area contributed by atoms with Crippen molar-refractivity contribution in [3.63, 3.8) is 0 Å². The summed E-state index contributed by atoms with van der Waals surface area (Å²) in [5, 5.41) is 6.25. The fourth-order valence-corrected chi connectivity index (χ4v) is 3.14. The lowest BCUT2D eigenvalue weighted by Crippen LogP contribution is -2.41. The lowest BCUT2D eigenvalue weighted by Gasteiger charge is -2.28. The summed E-state index contributed by atoms with van der Waals surface area (Å²) in [5.74, 6) is 0.970. The molecule has 2 fully saturated rings. The van der Waals surface area contributed by atoms with E-state index in [1.807, 2.05) is 0 Å². The van der Waals surface area contributed by atoms with Gasteiger partial charge in [-0.25, -0.2) is 0 Å². The van der Waals surface area contributed by atoms with Gasteiger partial charge in [0.1, 0.15) is 0 Å². The van der Waals surface area contributed by atoms with Gasteiger partial charge in [0.15, 0.2) is 0 Å². The van der Waals surface area contributed by atoms with Gasteiger partial charge in [0.2, 0.25) is 5.91 Å². The zero-order valence-electron chi connectivity index (χ0n) is 11.1. The summed E-state index contributed by atoms with van der Waals surface area (Å²) >= 11 is 0. The molecule has 2 aliphatic heterocycles. The number of amides is 1. The molecule has 0 bridgehead atoms. The maximum atomic E-state index is 11.8. The number of hydrogen-bond acceptors (Lipinski definition) is 3. The van der Waals surface area contributed by atoms with Gasteiger partial charge >= 0.3 is 0 Å². The van der Waals surface area contributed by atoms with E-state index in [2.05, 4.69) is 22.5 Å². The van der Waals surface area contributed by atoms with E-state index in [1.165, 1.54) is 19.4 Å². The molecule has 0 radical (unpaired) electrons. The molecule has 4 heteroatoms. The Kier molecular flexibility index (Phi) is 4.05. The Balaban J connectivity index is 1.82. The minimum Gasteiger partial charge on any atom is -0.359 e. The number of carbonyl (C=O) groups excluding carboxylic acids is 1. The molecular weight excluding hydrogens is 214 g/mol. The van der Waals surface area contributed by atoms with Crippen LogP contribution in [-0.4, -0.2) is 50.6 Å². The van der Waals surface area contributed by atoms with Crippen LogP contribution in [0.15, 0.2) is 0 Å². The summed E-state index contributed by atoms with van der Waals surface area (Å²) in [6, 6.07) is 0. The number of hydrogen-bond donors (Lipinski definition) is 2. The first kappa shape index (κ1) is 12.8. The minimum absolute atomic E-state index is 0.170. The molecule has 2 rings (SSSR count). The van der Waals surface area contributed by atoms with Crippen LogP contribution in [-0.2, 0) is 4.79 Å². The first-order chi connectivity index (χ1) is 8.14. The highest BCUT2D eigenvalue weighted by Gasteiger charge is 2.40. The van der Waals surface area contributed by atoms with E-state index in [0.29, 0.717) is 0 Å². The van der Waals surface area contributed by atoms with Crippen molar-refractivity contribution in [2.45, 2.75) is 26.2 Å². The van der Waals surface area contributed by atoms with Gasteiger partial charge in [-0.3, -0.25) is 4.79 Å². The van der Waals surface area contributed by atoms with Crippen molar-refractivity contribution in [3.8, 4) is 0 Å². The Hall–Kier alpha value is -0.610. The highest BCUT2D eigenvalue weighted by molar-refractivity contribution is 5.82. The second-order valence-corrected chi connectivity index (χ2v) is 5.84. The number of piperidine rings is 1. The highest BCUT2D eigenvalue weighted by atomic mass is 16.2. The topological polar surface area (TPSA) is 44.4 Å². The summed E-state index contributed by atoms with van der Waals surface area (Å²) in [6.07, 6.45) is 3.62. The van der Waals surface area contributed by atoms with E-state index in [9.17, 15) is 4.79 Å². The summed E-state index contributed by atoms with van der Waals surface area (Å²) in [5.41, 5.74) is -0.170. The van der Waals surface area contributed by atoms with E-state index in [1.54, 1.807) is 7.05 Å². The lowest BCUT2D eigenvalue weighted by atomic mass is 9.89. The number of rotatable bonds is 3. The van der Waals surface area contributed by atoms with Gasteiger partial charge in [-0.2, -0.15) is 0 Å². The lowest BCUT2D eigenvalue weighted by molar-refractivity contribution is -0.129. The molecule has 0 aromatic heterocycles. The predicted octanol–water partition coefficient (Wildman–Crippen LogP) is 0.444. The number of carbonyl (C=O) groups is 1. The first-order valence-corrected chi connectivity index (χ1v) is 6.79. The molecule has 98 valence electrons. The van der Waals surface area contributed by atoms with Crippen molar-refractivity contribution in [1.82, 2.24) is 15.5 Å². The van der Waals surface area contributed by atoms with E-state index in [0.717, 1.165) is 38.5 Å². The molecule has 2 aliphatic rings. The summed E-state index contributed by atoms with van der Waals surface area (Å²) in [4.78, 5) is 14.3. The van der Waals surface area contributed by atoms with Crippen LogP contribution in [0.25, 0.3) is 0 Å². The minimum atomic E-state index is -0.170. The van der Waals surface area contributed by atoms with Gasteiger partial charge in [0, 0.05) is 20.1 Å². The molecule has 2 saturated heterocycles. The monoisotopic (exact) mass is 239 g/mol. The van der Waals surface area contributed by atoms with Crippen LogP contribution in [0.2, 0.25) is 0 Å². The molecule has 0 spiro atoms. The molecule has 2 N–H and O–H groups in total. The quantitative estimate of drug-likeness (QED) is 0.751. The molecule has 2 unspecified atom stereocenters. The predicted molar refractivity (Wildman–Crippen MR) is 68.8 cm³/mol. The van der Waals surface area contributed by atoms with Crippen LogP contribution in [0.5, 0.6) is 0 Å². The van der Waals surface area contributed by atoms with Crippen LogP contribution in [0.3, 0.4) is 0 Å². The van der Waals surface area contributed by atoms with Crippen molar-refractivity contribution in [1.29, 1.82) is 0 Å². The van der Waals surface area contributed by atoms with Crippen LogP contribution < -0.4 is 10.6 Å². The highest BCUT2D eigenvalue weighted by Crippen LogP contribution is 2.30. The van der Waals surface area contributed by atoms with Crippen molar-refractivity contribution in [2.24, 2.45) is 11.3 Å². The normalized spacial score (nSPS) is 34.8. The molecule has 2 atom stereocenters. The third-order valence-corrected chi connectivity index (χ3v) is 4.24. The largest absolute Gasteiger partial charge is 0.359 e. The van der Waals surface area contributed by atoms with E-state index in [4.69, 9.17) is 0 Å². The number of nitrogens with zero attached hydrogens (tertiary/aromatic N) is 1. The van der Waals surface area contributed by atoms with E-state index in [-0.39, 0.29) is 11.3 Å². The second kappa shape index (κ2) is 5.36. The standard InChI is InChI=1S/C13H25N3O/c1-13(12(17)14-2)5-7-16(10-13)9-11-4-3-6-15-8-11/h11,15H,3-10H2,1-2H3,(H,14,17). The fourth-order valence-electron chi connectivity index (χ4n) is 3.14. The molecule has 0 saturated carbocycles. The first-order valence-electron chi connectivity index (χ1n) is 6.79. The second-order valence-electron chi connectivity index (χ2n) is 5.84. The molecular formula is C13H25N3O. The summed E-state index contributed by atoms with van der Waals surface area (Å²) < 4.78 is 0. The van der Waals surface area contributed by atoms with Crippen LogP contribution in [0.1, 0.15) is 26.2 Å². The molecule has 0 aromatic carbocycles. The summed E-state index contributed by atoms with van der Waals surface area (Å²) in [7, 11) is 1.74. The van der Waals surface area contributed by atoms with Crippen molar-refractivity contribution >= 4 is 5.91 Å². The van der Waals surface area contributed by atoms with Crippen LogP contribution in [0.4, 0.5) is 0 Å². The molecule has 1 amide bonds.